The van der Waals surface area contributed by atoms with Crippen LogP contribution in [0.5, 0.6) is 0 Å². The molecule has 0 aliphatic heterocycles. The van der Waals surface area contributed by atoms with E-state index < -0.39 is 0 Å². The molecular weight excluding hydrogens is 202 g/mol. The smallest absolute Gasteiger partial charge is 0.770 e. The van der Waals surface area contributed by atoms with Crippen molar-refractivity contribution in [1.82, 2.24) is 0 Å². The third-order valence-corrected chi connectivity index (χ3v) is 1.13. The minimum Gasteiger partial charge on any atom is -0.770 e. The van der Waals surface area contributed by atoms with Gasteiger partial charge in [-0.2, -0.15) is 10.5 Å². The van der Waals surface area contributed by atoms with Crippen molar-refractivity contribution in [1.29, 1.82) is 10.5 Å². The second-order valence-corrected chi connectivity index (χ2v) is 1.70. The second kappa shape index (κ2) is 13.7. The zero-order valence-corrected chi connectivity index (χ0v) is 11.8. The zero-order chi connectivity index (χ0) is 6.57. The number of hydrogen-bond donors (Lipinski definition) is 0. The van der Waals surface area contributed by atoms with Crippen LogP contribution in [0.3, 0.4) is 0 Å². The third kappa shape index (κ3) is 11.1. The molecule has 3 nitrogen and oxygen atoms in total. The van der Waals surface area contributed by atoms with Crippen LogP contribution in [-0.2, 0) is 25.3 Å². The van der Waals surface area contributed by atoms with E-state index in [0.717, 1.165) is 0 Å². The topological polar surface area (TPSA) is 79.1 Å². The van der Waals surface area contributed by atoms with Crippen LogP contribution >= 0.6 is 0 Å². The summed E-state index contributed by atoms with van der Waals surface area (Å²) < 4.78 is 0. The van der Waals surface area contributed by atoms with Crippen molar-refractivity contribution in [2.75, 3.05) is 0 Å². The SMILES string of the molecule is N#C/C([S-])=C(/[S-])C#N.O.[Na+].[Na+]. The molecule has 0 unspecified atom stereocenters. The molecule has 0 bridgehead atoms. The van der Waals surface area contributed by atoms with Gasteiger partial charge in [-0.3, -0.25) is 0 Å². The first-order chi connectivity index (χ1) is 3.72. The van der Waals surface area contributed by atoms with E-state index in [9.17, 15) is 0 Å². The van der Waals surface area contributed by atoms with Gasteiger partial charge in [0.15, 0.2) is 0 Å². The Morgan fingerprint density at radius 2 is 1.09 bits per heavy atom. The summed E-state index contributed by atoms with van der Waals surface area (Å²) in [4.78, 5) is -0.218. The molecule has 0 aliphatic rings. The predicted molar refractivity (Wildman–Crippen MR) is 36.6 cm³/mol. The van der Waals surface area contributed by atoms with Gasteiger partial charge in [-0.1, -0.05) is 0 Å². The Labute approximate surface area is 121 Å². The van der Waals surface area contributed by atoms with Crippen LogP contribution < -0.4 is 59.1 Å². The van der Waals surface area contributed by atoms with Gasteiger partial charge in [0.05, 0.1) is 12.1 Å². The van der Waals surface area contributed by atoms with Gasteiger partial charge in [0.1, 0.15) is 0 Å². The molecule has 0 heterocycles. The number of nitrogens with zero attached hydrogens (tertiary/aromatic N) is 2. The second-order valence-electron chi connectivity index (χ2n) is 0.882. The predicted octanol–water partition coefficient (Wildman–Crippen LogP) is -6.48. The summed E-state index contributed by atoms with van der Waals surface area (Å²) in [6.07, 6.45) is 0. The summed E-state index contributed by atoms with van der Waals surface area (Å²) in [7, 11) is 0. The summed E-state index contributed by atoms with van der Waals surface area (Å²) in [5.74, 6) is 0. The Kier molecular flexibility index (Phi) is 28.3. The van der Waals surface area contributed by atoms with Gasteiger partial charge < -0.3 is 30.7 Å². The molecule has 0 fully saturated rings. The molecule has 0 saturated heterocycles. The molecule has 0 amide bonds. The monoisotopic (exact) mass is 204 g/mol. The largest absolute Gasteiger partial charge is 1.00 e. The van der Waals surface area contributed by atoms with Gasteiger partial charge in [-0.15, -0.1) is 9.81 Å². The normalized spacial score (nSPS) is 7.82. The standard InChI is InChI=1S/C4H2N2S2.2Na.H2O/c5-1-3(7)4(8)2-6;;;/h7-8H;;;1H2/q;2*+1;/p-2/b4-3-;;;. The maximum atomic E-state index is 8.01. The quantitative estimate of drug-likeness (QED) is 0.223. The van der Waals surface area contributed by atoms with E-state index >= 15 is 0 Å². The molecule has 0 spiro atoms. The van der Waals surface area contributed by atoms with Crippen molar-refractivity contribution in [3.05, 3.63) is 9.81 Å². The van der Waals surface area contributed by atoms with Crippen LogP contribution in [0.4, 0.5) is 0 Å². The van der Waals surface area contributed by atoms with Crippen molar-refractivity contribution in [2.45, 2.75) is 0 Å². The van der Waals surface area contributed by atoms with E-state index in [1.54, 1.807) is 12.1 Å². The molecule has 0 saturated carbocycles. The Morgan fingerprint density at radius 1 is 0.909 bits per heavy atom. The first kappa shape index (κ1) is 22.7. The van der Waals surface area contributed by atoms with Crippen LogP contribution in [0.2, 0.25) is 0 Å². The van der Waals surface area contributed by atoms with Crippen LogP contribution in [0.1, 0.15) is 0 Å². The van der Waals surface area contributed by atoms with Gasteiger partial charge in [-0.05, 0) is 0 Å². The molecule has 0 atom stereocenters. The zero-order valence-electron chi connectivity index (χ0n) is 6.21. The van der Waals surface area contributed by atoms with Crippen molar-refractivity contribution >= 4 is 25.3 Å². The maximum Gasteiger partial charge on any atom is 1.00 e. The van der Waals surface area contributed by atoms with E-state index in [1.807, 2.05) is 0 Å². The molecule has 7 heteroatoms. The van der Waals surface area contributed by atoms with Gasteiger partial charge >= 0.3 is 59.1 Å². The minimum absolute atomic E-state index is 0. The molecule has 11 heavy (non-hydrogen) atoms. The molecule has 2 N–H and O–H groups in total. The van der Waals surface area contributed by atoms with Crippen molar-refractivity contribution < 1.29 is 64.6 Å². The van der Waals surface area contributed by atoms with Crippen LogP contribution in [0, 0.1) is 22.7 Å². The summed E-state index contributed by atoms with van der Waals surface area (Å²) in [6.45, 7) is 0. The van der Waals surface area contributed by atoms with Gasteiger partial charge in [0, 0.05) is 0 Å². The first-order valence-corrected chi connectivity index (χ1v) is 2.42. The third-order valence-electron chi connectivity index (χ3n) is 0.409. The molecule has 0 aromatic heterocycles. The van der Waals surface area contributed by atoms with E-state index in [4.69, 9.17) is 10.5 Å². The fourth-order valence-electron chi connectivity index (χ4n) is 0.102. The minimum atomic E-state index is -0.109. The average molecular weight is 204 g/mol. The Morgan fingerprint density at radius 3 is 1.18 bits per heavy atom. The summed E-state index contributed by atoms with van der Waals surface area (Å²) in [6, 6.07) is 3.17. The Balaban J connectivity index is -0.0000000817. The summed E-state index contributed by atoms with van der Waals surface area (Å²) >= 11 is 8.70. The van der Waals surface area contributed by atoms with Crippen molar-refractivity contribution in [3.63, 3.8) is 0 Å². The number of allylic oxidation sites excluding steroid dienone is 2. The maximum absolute atomic E-state index is 8.01. The molecule has 0 aromatic carbocycles. The summed E-state index contributed by atoms with van der Waals surface area (Å²) in [5.41, 5.74) is 0. The van der Waals surface area contributed by atoms with Crippen LogP contribution in [0.25, 0.3) is 0 Å². The fraction of sp³-hybridized carbons (Fsp3) is 0. The average Bonchev–Trinajstić information content (AvgIpc) is 1.84. The molecule has 0 aromatic rings. The van der Waals surface area contributed by atoms with Gasteiger partial charge in [0.25, 0.3) is 0 Å². The van der Waals surface area contributed by atoms with Crippen molar-refractivity contribution in [2.24, 2.45) is 0 Å². The van der Waals surface area contributed by atoms with Gasteiger partial charge in [0.2, 0.25) is 0 Å². The Hall–Kier alpha value is 1.12. The first-order valence-electron chi connectivity index (χ1n) is 1.61. The van der Waals surface area contributed by atoms with E-state index in [1.165, 1.54) is 0 Å². The molecule has 48 valence electrons. The number of hydrogen-bond acceptors (Lipinski definition) is 4. The summed E-state index contributed by atoms with van der Waals surface area (Å²) in [5, 5.41) is 16.0. The van der Waals surface area contributed by atoms with E-state index in [0.29, 0.717) is 0 Å². The van der Waals surface area contributed by atoms with Crippen LogP contribution in [0.15, 0.2) is 9.81 Å². The van der Waals surface area contributed by atoms with Gasteiger partial charge in [-0.25, -0.2) is 0 Å². The molecule has 0 aliphatic carbocycles. The number of nitriles is 2. The molecule has 0 radical (unpaired) electrons. The Bertz CT molecular complexity index is 183. The molecule has 0 rings (SSSR count). The van der Waals surface area contributed by atoms with Crippen molar-refractivity contribution in [3.8, 4) is 12.1 Å². The fourth-order valence-corrected chi connectivity index (χ4v) is 0.193. The van der Waals surface area contributed by atoms with E-state index in [-0.39, 0.29) is 74.4 Å². The van der Waals surface area contributed by atoms with E-state index in [2.05, 4.69) is 25.3 Å². The number of rotatable bonds is 0. The van der Waals surface area contributed by atoms with Crippen LogP contribution in [-0.4, -0.2) is 5.48 Å². The molecular formula is C4H2N2Na2OS2.